The number of amides is 1. The fraction of sp³-hybridized carbons (Fsp3) is 0.462. The van der Waals surface area contributed by atoms with Crippen molar-refractivity contribution in [2.75, 3.05) is 51.1 Å². The predicted molar refractivity (Wildman–Crippen MR) is 150 cm³/mol. The van der Waals surface area contributed by atoms with E-state index in [4.69, 9.17) is 19.0 Å². The van der Waals surface area contributed by atoms with E-state index in [1.165, 1.54) is 42.7 Å². The molecule has 2 fully saturated rings. The van der Waals surface area contributed by atoms with Crippen molar-refractivity contribution in [2.24, 2.45) is 5.16 Å². The van der Waals surface area contributed by atoms with E-state index in [1.54, 1.807) is 12.1 Å². The number of anilines is 1. The van der Waals surface area contributed by atoms with E-state index in [-0.39, 0.29) is 28.6 Å². The number of ether oxygens (including phenoxy) is 3. The summed E-state index contributed by atoms with van der Waals surface area (Å²) in [6, 6.07) is 9.57. The van der Waals surface area contributed by atoms with Crippen LogP contribution in [0.3, 0.4) is 0 Å². The first-order valence-electron chi connectivity index (χ1n) is 13.0. The summed E-state index contributed by atoms with van der Waals surface area (Å²) in [5.74, 6) is -0.0841. The minimum absolute atomic E-state index is 0.0137. The SMILES string of the molecule is COCCCS(=O)(=O)c1ccc(/C(=N\O[C@@H]2CCOC2)C(=O)Nc2nc3ccc(O[C@@H]4CCNC4)nc3s2)cc1. The highest BCUT2D eigenvalue weighted by Gasteiger charge is 2.23. The topological polar surface area (TPSA) is 150 Å². The van der Waals surface area contributed by atoms with Gasteiger partial charge in [0.1, 0.15) is 16.5 Å². The lowest BCUT2D eigenvalue weighted by molar-refractivity contribution is -0.110. The van der Waals surface area contributed by atoms with Gasteiger partial charge in [-0.15, -0.1) is 0 Å². The molecule has 1 amide bonds. The molecule has 4 heterocycles. The van der Waals surface area contributed by atoms with E-state index >= 15 is 0 Å². The number of carbonyl (C=O) groups is 1. The van der Waals surface area contributed by atoms with E-state index in [0.29, 0.717) is 59.6 Å². The molecule has 2 aromatic heterocycles. The highest BCUT2D eigenvalue weighted by molar-refractivity contribution is 7.91. The third kappa shape index (κ3) is 7.12. The van der Waals surface area contributed by atoms with Gasteiger partial charge in [0.05, 0.1) is 23.9 Å². The molecule has 0 aliphatic carbocycles. The summed E-state index contributed by atoms with van der Waals surface area (Å²) in [5.41, 5.74) is 1.01. The summed E-state index contributed by atoms with van der Waals surface area (Å²) in [6.07, 6.45) is 1.76. The van der Waals surface area contributed by atoms with Crippen LogP contribution in [-0.4, -0.2) is 88.0 Å². The Bertz CT molecular complexity index is 1450. The first-order valence-corrected chi connectivity index (χ1v) is 15.5. The number of carbonyl (C=O) groups excluding carboxylic acids is 1. The summed E-state index contributed by atoms with van der Waals surface area (Å²) >= 11 is 1.21. The molecule has 40 heavy (non-hydrogen) atoms. The quantitative estimate of drug-likeness (QED) is 0.183. The molecule has 2 aliphatic heterocycles. The molecule has 1 aromatic carbocycles. The van der Waals surface area contributed by atoms with Crippen LogP contribution in [0, 0.1) is 0 Å². The summed E-state index contributed by atoms with van der Waals surface area (Å²) in [6.45, 7) is 2.98. The molecular formula is C26H31N5O7S2. The Morgan fingerprint density at radius 3 is 2.75 bits per heavy atom. The van der Waals surface area contributed by atoms with E-state index in [9.17, 15) is 13.2 Å². The molecule has 0 unspecified atom stereocenters. The maximum absolute atomic E-state index is 13.4. The standard InChI is InChI=1S/C26H31N5O7S2/c1-35-12-2-14-40(33,34)20-5-3-17(4-6-20)23(31-38-19-10-13-36-16-19)24(32)30-26-28-21-7-8-22(29-25(21)39-26)37-18-9-11-27-15-18/h3-8,18-19,27H,2,9-16H2,1H3,(H,28,30,32)/b31-23+/t18-,19-/m1/s1. The predicted octanol–water partition coefficient (Wildman–Crippen LogP) is 2.39. The third-order valence-corrected chi connectivity index (χ3v) is 9.09. The Kier molecular flexibility index (Phi) is 9.22. The molecule has 14 heteroatoms. The van der Waals surface area contributed by atoms with Gasteiger partial charge >= 0.3 is 0 Å². The molecule has 2 aliphatic rings. The zero-order chi connectivity index (χ0) is 28.0. The highest BCUT2D eigenvalue weighted by atomic mass is 32.2. The number of benzene rings is 1. The Balaban J connectivity index is 1.33. The highest BCUT2D eigenvalue weighted by Crippen LogP contribution is 2.27. The van der Waals surface area contributed by atoms with Crippen molar-refractivity contribution in [2.45, 2.75) is 36.4 Å². The van der Waals surface area contributed by atoms with Crippen molar-refractivity contribution in [3.63, 3.8) is 0 Å². The first-order chi connectivity index (χ1) is 19.4. The lowest BCUT2D eigenvalue weighted by Crippen LogP contribution is -2.25. The lowest BCUT2D eigenvalue weighted by Gasteiger charge is -2.10. The maximum atomic E-state index is 13.4. The van der Waals surface area contributed by atoms with Crippen molar-refractivity contribution in [3.05, 3.63) is 42.0 Å². The molecule has 2 N–H and O–H groups in total. The van der Waals surface area contributed by atoms with Gasteiger partial charge in [-0.25, -0.2) is 18.4 Å². The van der Waals surface area contributed by atoms with Crippen molar-refractivity contribution < 1.29 is 32.3 Å². The van der Waals surface area contributed by atoms with E-state index in [0.717, 1.165) is 19.5 Å². The molecule has 0 bridgehead atoms. The van der Waals surface area contributed by atoms with E-state index in [2.05, 4.69) is 25.8 Å². The van der Waals surface area contributed by atoms with Crippen molar-refractivity contribution in [1.29, 1.82) is 0 Å². The van der Waals surface area contributed by atoms with Crippen LogP contribution in [0.25, 0.3) is 10.3 Å². The van der Waals surface area contributed by atoms with Gasteiger partial charge in [-0.05, 0) is 37.6 Å². The zero-order valence-electron chi connectivity index (χ0n) is 22.0. The summed E-state index contributed by atoms with van der Waals surface area (Å²) in [4.78, 5) is 28.8. The summed E-state index contributed by atoms with van der Waals surface area (Å²) in [5, 5.41) is 10.5. The fourth-order valence-electron chi connectivity index (χ4n) is 4.25. The monoisotopic (exact) mass is 589 g/mol. The van der Waals surface area contributed by atoms with Crippen molar-refractivity contribution >= 4 is 48.3 Å². The second-order valence-electron chi connectivity index (χ2n) is 9.40. The third-order valence-electron chi connectivity index (χ3n) is 6.40. The largest absolute Gasteiger partial charge is 0.473 e. The van der Waals surface area contributed by atoms with Gasteiger partial charge < -0.3 is 24.4 Å². The molecule has 5 rings (SSSR count). The number of sulfone groups is 1. The van der Waals surface area contributed by atoms with Crippen LogP contribution in [0.4, 0.5) is 5.13 Å². The lowest BCUT2D eigenvalue weighted by atomic mass is 10.1. The molecule has 0 spiro atoms. The average Bonchev–Trinajstić information content (AvgIpc) is 3.72. The average molecular weight is 590 g/mol. The van der Waals surface area contributed by atoms with Crippen LogP contribution in [0.2, 0.25) is 0 Å². The van der Waals surface area contributed by atoms with Crippen LogP contribution >= 0.6 is 11.3 Å². The van der Waals surface area contributed by atoms with Gasteiger partial charge in [0.15, 0.2) is 26.8 Å². The Labute approximate surface area is 236 Å². The molecule has 214 valence electrons. The molecule has 3 aromatic rings. The second-order valence-corrected chi connectivity index (χ2v) is 12.5. The van der Waals surface area contributed by atoms with Crippen molar-refractivity contribution in [3.8, 4) is 5.88 Å². The number of nitrogens with zero attached hydrogens (tertiary/aromatic N) is 3. The smallest absolute Gasteiger partial charge is 0.280 e. The van der Waals surface area contributed by atoms with Gasteiger partial charge in [-0.1, -0.05) is 28.6 Å². The number of oxime groups is 1. The van der Waals surface area contributed by atoms with Gasteiger partial charge in [0.25, 0.3) is 5.91 Å². The molecule has 0 radical (unpaired) electrons. The number of aromatic nitrogens is 2. The Morgan fingerprint density at radius 1 is 1.18 bits per heavy atom. The van der Waals surface area contributed by atoms with Crippen LogP contribution in [-0.2, 0) is 28.9 Å². The van der Waals surface area contributed by atoms with Crippen LogP contribution in [0.1, 0.15) is 24.8 Å². The maximum Gasteiger partial charge on any atom is 0.280 e. The number of nitrogens with one attached hydrogen (secondary N) is 2. The number of fused-ring (bicyclic) bond motifs is 1. The normalized spacial score (nSPS) is 19.7. The number of pyridine rings is 1. The van der Waals surface area contributed by atoms with Gasteiger partial charge in [-0.3, -0.25) is 10.1 Å². The second kappa shape index (κ2) is 13.0. The Morgan fingerprint density at radius 2 is 2.02 bits per heavy atom. The van der Waals surface area contributed by atoms with Gasteiger partial charge in [0.2, 0.25) is 5.88 Å². The van der Waals surface area contributed by atoms with Gasteiger partial charge in [-0.2, -0.15) is 0 Å². The van der Waals surface area contributed by atoms with Crippen LogP contribution in [0.5, 0.6) is 5.88 Å². The minimum atomic E-state index is -3.49. The molecule has 0 saturated carbocycles. The van der Waals surface area contributed by atoms with Crippen molar-refractivity contribution in [1.82, 2.24) is 15.3 Å². The molecule has 2 atom stereocenters. The molecule has 12 nitrogen and oxygen atoms in total. The number of hydrogen-bond acceptors (Lipinski definition) is 12. The summed E-state index contributed by atoms with van der Waals surface area (Å²) in [7, 11) is -1.97. The minimum Gasteiger partial charge on any atom is -0.473 e. The molecule has 2 saturated heterocycles. The Hall–Kier alpha value is -3.17. The van der Waals surface area contributed by atoms with Crippen LogP contribution in [0.15, 0.2) is 46.4 Å². The number of rotatable bonds is 12. The van der Waals surface area contributed by atoms with Crippen LogP contribution < -0.4 is 15.4 Å². The van der Waals surface area contributed by atoms with E-state index < -0.39 is 15.7 Å². The fourth-order valence-corrected chi connectivity index (χ4v) is 6.36. The number of methoxy groups -OCH3 is 1. The zero-order valence-corrected chi connectivity index (χ0v) is 23.6. The first kappa shape index (κ1) is 28.4. The summed E-state index contributed by atoms with van der Waals surface area (Å²) < 4.78 is 41.5. The van der Waals surface area contributed by atoms with Gasteiger partial charge in [0, 0.05) is 38.3 Å². The van der Waals surface area contributed by atoms with E-state index in [1.807, 2.05) is 0 Å². The molecular weight excluding hydrogens is 558 g/mol. The number of thiazole rings is 1. The number of hydrogen-bond donors (Lipinski definition) is 2.